The number of rotatable bonds is 1. The Labute approximate surface area is 122 Å². The van der Waals surface area contributed by atoms with Gasteiger partial charge in [-0.3, -0.25) is 29.4 Å². The van der Waals surface area contributed by atoms with Crippen molar-refractivity contribution in [2.75, 3.05) is 0 Å². The van der Waals surface area contributed by atoms with Gasteiger partial charge in [0.05, 0.1) is 11.3 Å². The first-order valence-electron chi connectivity index (χ1n) is 7.65. The van der Waals surface area contributed by atoms with Gasteiger partial charge in [-0.05, 0) is 44.4 Å². The van der Waals surface area contributed by atoms with Crippen LogP contribution in [-0.4, -0.2) is 34.6 Å². The molecule has 4 fully saturated rings. The third kappa shape index (κ3) is 1.43. The molecule has 6 heteroatoms. The molecule has 4 aliphatic rings. The third-order valence-electron chi connectivity index (χ3n) is 6.14. The van der Waals surface area contributed by atoms with Crippen molar-refractivity contribution in [1.29, 1.82) is 0 Å². The van der Waals surface area contributed by atoms with E-state index in [0.29, 0.717) is 0 Å². The lowest BCUT2D eigenvalue weighted by molar-refractivity contribution is -0.153. The molecule has 2 bridgehead atoms. The van der Waals surface area contributed by atoms with E-state index in [2.05, 4.69) is 5.32 Å². The predicted octanol–water partition coefficient (Wildman–Crippen LogP) is 0.213. The van der Waals surface area contributed by atoms with Gasteiger partial charge in [-0.15, -0.1) is 0 Å². The summed E-state index contributed by atoms with van der Waals surface area (Å²) in [5.74, 6) is -0.930. The molecule has 1 N–H and O–H groups in total. The Bertz CT molecular complexity index is 586. The van der Waals surface area contributed by atoms with Crippen molar-refractivity contribution in [3.05, 3.63) is 0 Å². The van der Waals surface area contributed by atoms with Gasteiger partial charge in [0.1, 0.15) is 6.04 Å². The second-order valence-corrected chi connectivity index (χ2v) is 7.01. The average molecular weight is 290 g/mol. The number of carbonyl (C=O) groups is 4. The van der Waals surface area contributed by atoms with E-state index >= 15 is 0 Å². The number of hydrogen-bond donors (Lipinski definition) is 1. The maximum absolute atomic E-state index is 12.9. The first-order chi connectivity index (χ1) is 9.94. The molecule has 2 heterocycles. The summed E-state index contributed by atoms with van der Waals surface area (Å²) in [7, 11) is 0. The normalized spacial score (nSPS) is 45.3. The molecule has 0 radical (unpaired) electrons. The van der Waals surface area contributed by atoms with Crippen LogP contribution in [0.5, 0.6) is 0 Å². The third-order valence-corrected chi connectivity index (χ3v) is 6.14. The Hall–Kier alpha value is -1.72. The van der Waals surface area contributed by atoms with Crippen molar-refractivity contribution in [3.63, 3.8) is 0 Å². The lowest BCUT2D eigenvalue weighted by Gasteiger charge is -2.32. The van der Waals surface area contributed by atoms with Crippen molar-refractivity contribution in [3.8, 4) is 0 Å². The second-order valence-electron chi connectivity index (χ2n) is 7.01. The van der Waals surface area contributed by atoms with Crippen LogP contribution in [0.1, 0.15) is 39.0 Å². The summed E-state index contributed by atoms with van der Waals surface area (Å²) in [5, 5.41) is 2.24. The predicted molar refractivity (Wildman–Crippen MR) is 70.5 cm³/mol. The Balaban J connectivity index is 1.69. The van der Waals surface area contributed by atoms with E-state index in [9.17, 15) is 19.2 Å². The number of piperidine rings is 1. The van der Waals surface area contributed by atoms with Gasteiger partial charge in [0.2, 0.25) is 23.6 Å². The number of amides is 4. The van der Waals surface area contributed by atoms with Gasteiger partial charge in [0.15, 0.2) is 0 Å². The van der Waals surface area contributed by atoms with Crippen LogP contribution in [0.2, 0.25) is 0 Å². The highest BCUT2D eigenvalue weighted by Gasteiger charge is 2.69. The molecule has 6 nitrogen and oxygen atoms in total. The van der Waals surface area contributed by atoms with E-state index in [1.165, 1.54) is 4.90 Å². The molecule has 5 atom stereocenters. The van der Waals surface area contributed by atoms with E-state index in [1.807, 2.05) is 6.92 Å². The number of hydrogen-bond acceptors (Lipinski definition) is 4. The van der Waals surface area contributed by atoms with Crippen LogP contribution in [-0.2, 0) is 19.2 Å². The molecule has 0 unspecified atom stereocenters. The maximum atomic E-state index is 12.9. The molecule has 4 rings (SSSR count). The van der Waals surface area contributed by atoms with Gasteiger partial charge < -0.3 is 0 Å². The van der Waals surface area contributed by atoms with Crippen LogP contribution in [0.25, 0.3) is 0 Å². The molecule has 0 aromatic carbocycles. The lowest BCUT2D eigenvalue weighted by Crippen LogP contribution is -2.55. The van der Waals surface area contributed by atoms with Crippen molar-refractivity contribution < 1.29 is 19.2 Å². The molecule has 0 aromatic heterocycles. The number of imide groups is 2. The smallest absolute Gasteiger partial charge is 0.249 e. The van der Waals surface area contributed by atoms with Gasteiger partial charge in [-0.1, -0.05) is 0 Å². The van der Waals surface area contributed by atoms with Crippen LogP contribution < -0.4 is 5.32 Å². The Morgan fingerprint density at radius 1 is 1.14 bits per heavy atom. The van der Waals surface area contributed by atoms with E-state index in [-0.39, 0.29) is 48.3 Å². The second kappa shape index (κ2) is 3.93. The van der Waals surface area contributed by atoms with Gasteiger partial charge >= 0.3 is 0 Å². The van der Waals surface area contributed by atoms with Gasteiger partial charge in [0.25, 0.3) is 0 Å². The molecule has 112 valence electrons. The molecular formula is C15H18N2O4. The van der Waals surface area contributed by atoms with E-state index < -0.39 is 17.4 Å². The summed E-state index contributed by atoms with van der Waals surface area (Å²) in [6, 6.07) is -0.801. The van der Waals surface area contributed by atoms with Crippen LogP contribution in [0.15, 0.2) is 0 Å². The van der Waals surface area contributed by atoms with Crippen LogP contribution >= 0.6 is 0 Å². The van der Waals surface area contributed by atoms with Crippen molar-refractivity contribution >= 4 is 23.6 Å². The first kappa shape index (κ1) is 13.0. The molecule has 2 saturated heterocycles. The average Bonchev–Trinajstić information content (AvgIpc) is 3.05. The number of nitrogens with zero attached hydrogens (tertiary/aromatic N) is 1. The zero-order valence-corrected chi connectivity index (χ0v) is 11.9. The largest absolute Gasteiger partial charge is 0.295 e. The number of likely N-dealkylation sites (tertiary alicyclic amines) is 1. The van der Waals surface area contributed by atoms with Crippen LogP contribution in [0, 0.1) is 23.2 Å². The minimum absolute atomic E-state index is 0.182. The van der Waals surface area contributed by atoms with Gasteiger partial charge in [0, 0.05) is 6.42 Å². The zero-order valence-electron chi connectivity index (χ0n) is 11.9. The van der Waals surface area contributed by atoms with Crippen LogP contribution in [0.3, 0.4) is 0 Å². The van der Waals surface area contributed by atoms with Crippen LogP contribution in [0.4, 0.5) is 0 Å². The number of nitrogens with one attached hydrogen (secondary N) is 1. The molecule has 4 amide bonds. The number of fused-ring (bicyclic) bond motifs is 5. The quantitative estimate of drug-likeness (QED) is 0.700. The minimum atomic E-state index is -0.801. The summed E-state index contributed by atoms with van der Waals surface area (Å²) in [4.78, 5) is 50.1. The van der Waals surface area contributed by atoms with E-state index in [0.717, 1.165) is 19.3 Å². The molecule has 2 saturated carbocycles. The molecule has 21 heavy (non-hydrogen) atoms. The maximum Gasteiger partial charge on any atom is 0.249 e. The first-order valence-corrected chi connectivity index (χ1v) is 7.65. The molecular weight excluding hydrogens is 272 g/mol. The summed E-state index contributed by atoms with van der Waals surface area (Å²) in [6.45, 7) is 1.90. The highest BCUT2D eigenvalue weighted by molar-refractivity contribution is 6.12. The van der Waals surface area contributed by atoms with Crippen molar-refractivity contribution in [1.82, 2.24) is 10.2 Å². The molecule has 2 aliphatic heterocycles. The van der Waals surface area contributed by atoms with Crippen molar-refractivity contribution in [2.45, 2.75) is 45.1 Å². The van der Waals surface area contributed by atoms with Gasteiger partial charge in [-0.2, -0.15) is 0 Å². The fourth-order valence-electron chi connectivity index (χ4n) is 5.11. The summed E-state index contributed by atoms with van der Waals surface area (Å²) >= 11 is 0. The number of carbonyl (C=O) groups excluding carboxylic acids is 4. The topological polar surface area (TPSA) is 83.6 Å². The standard InChI is InChI=1S/C15H18N2O4/c1-15-8-3-2-7(6-8)11(15)13(20)17(14(15)21)9-4-5-10(18)16-12(9)19/h7-9,11H,2-6H2,1H3,(H,16,18,19)/t7-,8-,9+,11+,15+/m0/s1. The van der Waals surface area contributed by atoms with Crippen molar-refractivity contribution in [2.24, 2.45) is 23.2 Å². The Morgan fingerprint density at radius 2 is 1.90 bits per heavy atom. The molecule has 2 aliphatic carbocycles. The zero-order chi connectivity index (χ0) is 14.9. The monoisotopic (exact) mass is 290 g/mol. The fourth-order valence-corrected chi connectivity index (χ4v) is 5.11. The van der Waals surface area contributed by atoms with Gasteiger partial charge in [-0.25, -0.2) is 0 Å². The Kier molecular flexibility index (Phi) is 2.43. The summed E-state index contributed by atoms with van der Waals surface area (Å²) in [6.07, 6.45) is 3.40. The highest BCUT2D eigenvalue weighted by Crippen LogP contribution is 2.63. The SMILES string of the molecule is C[C@]12C(=O)N([C@@H]3CCC(=O)NC3=O)C(=O)[C@H]1[C@H]1CC[C@H]2C1. The summed E-state index contributed by atoms with van der Waals surface area (Å²) in [5.41, 5.74) is -0.623. The molecule has 0 spiro atoms. The summed E-state index contributed by atoms with van der Waals surface area (Å²) < 4.78 is 0. The highest BCUT2D eigenvalue weighted by atomic mass is 16.2. The lowest BCUT2D eigenvalue weighted by atomic mass is 9.69. The Morgan fingerprint density at radius 3 is 2.57 bits per heavy atom. The van der Waals surface area contributed by atoms with E-state index in [4.69, 9.17) is 0 Å². The fraction of sp³-hybridized carbons (Fsp3) is 0.733. The minimum Gasteiger partial charge on any atom is -0.295 e. The molecule has 0 aromatic rings. The van der Waals surface area contributed by atoms with E-state index in [1.54, 1.807) is 0 Å².